The number of carboxylic acid groups (broad SMARTS) is 1. The van der Waals surface area contributed by atoms with Gasteiger partial charge in [-0.25, -0.2) is 4.79 Å². The second-order valence-electron chi connectivity index (χ2n) is 3.18. The SMILES string of the molecule is CCO/C(CCCS(=O)(=O)O)=C(/C)C(=O)O. The Morgan fingerprint density at radius 2 is 1.94 bits per heavy atom. The minimum absolute atomic E-state index is 0.0530. The zero-order chi connectivity index (χ0) is 12.8. The smallest absolute Gasteiger partial charge is 0.334 e. The molecule has 0 aliphatic carbocycles. The predicted octanol–water partition coefficient (Wildman–Crippen LogP) is 1.05. The van der Waals surface area contributed by atoms with Crippen LogP contribution >= 0.6 is 0 Å². The van der Waals surface area contributed by atoms with E-state index in [4.69, 9.17) is 14.4 Å². The van der Waals surface area contributed by atoms with Crippen LogP contribution in [-0.4, -0.2) is 36.4 Å². The highest BCUT2D eigenvalue weighted by Crippen LogP contribution is 2.13. The molecule has 94 valence electrons. The Morgan fingerprint density at radius 1 is 1.38 bits per heavy atom. The topological polar surface area (TPSA) is 101 Å². The zero-order valence-corrected chi connectivity index (χ0v) is 10.1. The van der Waals surface area contributed by atoms with Gasteiger partial charge in [0.05, 0.1) is 17.9 Å². The van der Waals surface area contributed by atoms with Crippen molar-refractivity contribution in [2.45, 2.75) is 26.7 Å². The van der Waals surface area contributed by atoms with Crippen molar-refractivity contribution in [3.05, 3.63) is 11.3 Å². The van der Waals surface area contributed by atoms with Crippen molar-refractivity contribution in [1.82, 2.24) is 0 Å². The summed E-state index contributed by atoms with van der Waals surface area (Å²) in [6.45, 7) is 3.41. The molecule has 0 aliphatic rings. The first kappa shape index (κ1) is 14.9. The number of allylic oxidation sites excluding steroid dienone is 1. The first-order valence-corrected chi connectivity index (χ1v) is 6.39. The summed E-state index contributed by atoms with van der Waals surface area (Å²) in [7, 11) is -4.01. The first-order chi connectivity index (χ1) is 7.28. The predicted molar refractivity (Wildman–Crippen MR) is 57.6 cm³/mol. The van der Waals surface area contributed by atoms with Gasteiger partial charge in [-0.05, 0) is 20.3 Å². The van der Waals surface area contributed by atoms with E-state index in [1.165, 1.54) is 6.92 Å². The third-order valence-electron chi connectivity index (χ3n) is 1.86. The van der Waals surface area contributed by atoms with Crippen LogP contribution in [0.15, 0.2) is 11.3 Å². The fourth-order valence-corrected chi connectivity index (χ4v) is 1.59. The van der Waals surface area contributed by atoms with Crippen molar-refractivity contribution in [2.24, 2.45) is 0 Å². The molecule has 0 atom stereocenters. The minimum Gasteiger partial charge on any atom is -0.498 e. The van der Waals surface area contributed by atoms with E-state index in [0.717, 1.165) is 0 Å². The summed E-state index contributed by atoms with van der Waals surface area (Å²) < 4.78 is 34.5. The number of hydrogen-bond acceptors (Lipinski definition) is 4. The highest BCUT2D eigenvalue weighted by molar-refractivity contribution is 7.85. The van der Waals surface area contributed by atoms with E-state index in [1.807, 2.05) is 0 Å². The van der Waals surface area contributed by atoms with Crippen LogP contribution in [0.3, 0.4) is 0 Å². The summed E-state index contributed by atoms with van der Waals surface area (Å²) in [5.41, 5.74) is 0.0530. The summed E-state index contributed by atoms with van der Waals surface area (Å²) in [5.74, 6) is -1.26. The molecule has 0 fully saturated rings. The van der Waals surface area contributed by atoms with E-state index in [1.54, 1.807) is 6.92 Å². The number of hydrogen-bond donors (Lipinski definition) is 2. The molecule has 6 nitrogen and oxygen atoms in total. The highest BCUT2D eigenvalue weighted by Gasteiger charge is 2.12. The Labute approximate surface area is 94.7 Å². The lowest BCUT2D eigenvalue weighted by molar-refractivity contribution is -0.132. The van der Waals surface area contributed by atoms with Crippen LogP contribution in [-0.2, 0) is 19.6 Å². The first-order valence-electron chi connectivity index (χ1n) is 4.79. The maximum absolute atomic E-state index is 10.7. The molecule has 7 heteroatoms. The lowest BCUT2D eigenvalue weighted by Crippen LogP contribution is -2.08. The molecule has 2 N–H and O–H groups in total. The van der Waals surface area contributed by atoms with E-state index in [2.05, 4.69) is 0 Å². The van der Waals surface area contributed by atoms with Crippen LogP contribution in [0.2, 0.25) is 0 Å². The van der Waals surface area contributed by atoms with Gasteiger partial charge in [-0.1, -0.05) is 0 Å². The molecule has 0 amide bonds. The zero-order valence-electron chi connectivity index (χ0n) is 9.26. The van der Waals surface area contributed by atoms with Gasteiger partial charge in [0.1, 0.15) is 5.76 Å². The summed E-state index contributed by atoms with van der Waals surface area (Å²) >= 11 is 0. The second kappa shape index (κ2) is 6.49. The molecule has 0 aliphatic heterocycles. The fourth-order valence-electron chi connectivity index (χ4n) is 1.08. The largest absolute Gasteiger partial charge is 0.498 e. The van der Waals surface area contributed by atoms with Crippen molar-refractivity contribution in [3.63, 3.8) is 0 Å². The van der Waals surface area contributed by atoms with Gasteiger partial charge in [-0.15, -0.1) is 0 Å². The number of carboxylic acids is 1. The Morgan fingerprint density at radius 3 is 2.31 bits per heavy atom. The van der Waals surface area contributed by atoms with Gasteiger partial charge >= 0.3 is 5.97 Å². The molecule has 0 heterocycles. The van der Waals surface area contributed by atoms with Crippen molar-refractivity contribution in [3.8, 4) is 0 Å². The van der Waals surface area contributed by atoms with E-state index in [0.29, 0.717) is 6.61 Å². The summed E-state index contributed by atoms with van der Waals surface area (Å²) in [6, 6.07) is 0. The quantitative estimate of drug-likeness (QED) is 0.399. The molecule has 0 saturated heterocycles. The third-order valence-corrected chi connectivity index (χ3v) is 2.67. The molecule has 0 rings (SSSR count). The number of carbonyl (C=O) groups is 1. The van der Waals surface area contributed by atoms with Gasteiger partial charge in [-0.3, -0.25) is 4.55 Å². The number of rotatable bonds is 7. The van der Waals surface area contributed by atoms with Crippen molar-refractivity contribution >= 4 is 16.1 Å². The maximum Gasteiger partial charge on any atom is 0.334 e. The van der Waals surface area contributed by atoms with Crippen molar-refractivity contribution in [1.29, 1.82) is 0 Å². The van der Waals surface area contributed by atoms with Crippen molar-refractivity contribution in [2.75, 3.05) is 12.4 Å². The van der Waals surface area contributed by atoms with Crippen LogP contribution in [0, 0.1) is 0 Å². The van der Waals surface area contributed by atoms with Crippen LogP contribution in [0.25, 0.3) is 0 Å². The molecule has 0 aromatic carbocycles. The molecular formula is C9H16O6S. The van der Waals surface area contributed by atoms with Gasteiger partial charge in [0.2, 0.25) is 0 Å². The Bertz CT molecular complexity index is 367. The maximum atomic E-state index is 10.7. The van der Waals surface area contributed by atoms with Crippen LogP contribution in [0.1, 0.15) is 26.7 Å². The van der Waals surface area contributed by atoms with Crippen LogP contribution < -0.4 is 0 Å². The Balaban J connectivity index is 4.48. The number of aliphatic carboxylic acids is 1. The number of ether oxygens (including phenoxy) is 1. The minimum atomic E-state index is -4.01. The Hall–Kier alpha value is -1.08. The fraction of sp³-hybridized carbons (Fsp3) is 0.667. The van der Waals surface area contributed by atoms with Gasteiger partial charge in [-0.2, -0.15) is 8.42 Å². The Kier molecular flexibility index (Phi) is 6.05. The second-order valence-corrected chi connectivity index (χ2v) is 4.75. The van der Waals surface area contributed by atoms with Crippen molar-refractivity contribution < 1.29 is 27.6 Å². The van der Waals surface area contributed by atoms with E-state index >= 15 is 0 Å². The van der Waals surface area contributed by atoms with Crippen LogP contribution in [0.4, 0.5) is 0 Å². The summed E-state index contributed by atoms with van der Waals surface area (Å²) in [4.78, 5) is 10.7. The lowest BCUT2D eigenvalue weighted by atomic mass is 10.2. The lowest BCUT2D eigenvalue weighted by Gasteiger charge is -2.10. The van der Waals surface area contributed by atoms with E-state index < -0.39 is 21.8 Å². The van der Waals surface area contributed by atoms with Gasteiger partial charge in [0.25, 0.3) is 10.1 Å². The monoisotopic (exact) mass is 252 g/mol. The third kappa shape index (κ3) is 6.41. The standard InChI is InChI=1S/C9H16O6S/c1-3-15-8(7(2)9(10)11)5-4-6-16(12,13)14/h3-6H2,1-2H3,(H,10,11)(H,12,13,14)/b8-7-. The van der Waals surface area contributed by atoms with Crippen LogP contribution in [0.5, 0.6) is 0 Å². The highest BCUT2D eigenvalue weighted by atomic mass is 32.2. The molecule has 0 aromatic rings. The normalized spacial score (nSPS) is 13.2. The van der Waals surface area contributed by atoms with Gasteiger partial charge in [0, 0.05) is 6.42 Å². The molecule has 0 saturated carbocycles. The molecule has 0 unspecified atom stereocenters. The molecule has 0 spiro atoms. The van der Waals surface area contributed by atoms with E-state index in [9.17, 15) is 13.2 Å². The molecular weight excluding hydrogens is 236 g/mol. The summed E-state index contributed by atoms with van der Waals surface area (Å²) in [6.07, 6.45) is 0.296. The molecule has 0 bridgehead atoms. The van der Waals surface area contributed by atoms with Gasteiger partial charge in [0.15, 0.2) is 0 Å². The summed E-state index contributed by atoms with van der Waals surface area (Å²) in [5, 5.41) is 8.73. The van der Waals surface area contributed by atoms with E-state index in [-0.39, 0.29) is 24.2 Å². The average molecular weight is 252 g/mol. The molecule has 0 aromatic heterocycles. The van der Waals surface area contributed by atoms with Gasteiger partial charge < -0.3 is 9.84 Å². The average Bonchev–Trinajstić information content (AvgIpc) is 2.13. The molecule has 16 heavy (non-hydrogen) atoms. The molecule has 0 radical (unpaired) electrons.